The average Bonchev–Trinajstić information content (AvgIpc) is 2.73. The van der Waals surface area contributed by atoms with E-state index in [1.807, 2.05) is 30.3 Å². The summed E-state index contributed by atoms with van der Waals surface area (Å²) in [5.74, 6) is 0.635. The summed E-state index contributed by atoms with van der Waals surface area (Å²) in [7, 11) is 1.61. The van der Waals surface area contributed by atoms with Gasteiger partial charge in [0.1, 0.15) is 5.75 Å². The fourth-order valence-corrected chi connectivity index (χ4v) is 3.73. The number of hydrogen-bond donors (Lipinski definition) is 1. The zero-order valence-corrected chi connectivity index (χ0v) is 15.9. The molecule has 0 radical (unpaired) electrons. The maximum Gasteiger partial charge on any atom is 0.251 e. The van der Waals surface area contributed by atoms with Crippen molar-refractivity contribution in [3.8, 4) is 5.75 Å². The number of nitrogens with one attached hydrogen (secondary N) is 1. The van der Waals surface area contributed by atoms with Crippen LogP contribution in [0.15, 0.2) is 84.9 Å². The molecule has 0 aromatic heterocycles. The molecule has 0 aliphatic carbocycles. The predicted octanol–water partition coefficient (Wildman–Crippen LogP) is 3.90. The summed E-state index contributed by atoms with van der Waals surface area (Å²) < 4.78 is 5.21. The van der Waals surface area contributed by atoms with E-state index in [1.165, 1.54) is 11.1 Å². The second-order valence-electron chi connectivity index (χ2n) is 7.08. The number of amides is 1. The number of carbonyl (C=O) groups excluding carboxylic acids is 1. The van der Waals surface area contributed by atoms with Gasteiger partial charge in [0.05, 0.1) is 19.2 Å². The third-order valence-corrected chi connectivity index (χ3v) is 5.17. The molecule has 1 heterocycles. The highest BCUT2D eigenvalue weighted by atomic mass is 16.5. The molecule has 142 valence electrons. The first kappa shape index (κ1) is 18.3. The van der Waals surface area contributed by atoms with Crippen LogP contribution in [0.1, 0.15) is 27.5 Å². The minimum atomic E-state index is -0.0560. The molecule has 1 saturated heterocycles. The number of benzene rings is 3. The molecular weight excluding hydrogens is 348 g/mol. The van der Waals surface area contributed by atoms with Crippen LogP contribution in [-0.4, -0.2) is 37.0 Å². The Hall–Kier alpha value is -3.11. The monoisotopic (exact) mass is 372 g/mol. The summed E-state index contributed by atoms with van der Waals surface area (Å²) in [6, 6.07) is 28.7. The Labute approximate surface area is 165 Å². The topological polar surface area (TPSA) is 41.6 Å². The second kappa shape index (κ2) is 8.28. The molecule has 28 heavy (non-hydrogen) atoms. The van der Waals surface area contributed by atoms with E-state index in [2.05, 4.69) is 58.7 Å². The SMILES string of the molecule is COc1cccc(C(=O)NC2CN(C(c3ccccc3)c3ccccc3)C2)c1. The summed E-state index contributed by atoms with van der Waals surface area (Å²) in [5.41, 5.74) is 3.16. The van der Waals surface area contributed by atoms with E-state index in [0.717, 1.165) is 13.1 Å². The second-order valence-corrected chi connectivity index (χ2v) is 7.08. The van der Waals surface area contributed by atoms with Crippen molar-refractivity contribution in [3.63, 3.8) is 0 Å². The summed E-state index contributed by atoms with van der Waals surface area (Å²) in [5, 5.41) is 3.14. The molecule has 4 rings (SSSR count). The van der Waals surface area contributed by atoms with E-state index >= 15 is 0 Å². The Balaban J connectivity index is 1.44. The van der Waals surface area contributed by atoms with Gasteiger partial charge in [-0.25, -0.2) is 0 Å². The Kier molecular flexibility index (Phi) is 5.40. The molecule has 0 saturated carbocycles. The van der Waals surface area contributed by atoms with Gasteiger partial charge in [-0.1, -0.05) is 66.7 Å². The normalized spacial score (nSPS) is 14.5. The van der Waals surface area contributed by atoms with Gasteiger partial charge in [0.2, 0.25) is 0 Å². The van der Waals surface area contributed by atoms with Crippen LogP contribution < -0.4 is 10.1 Å². The maximum atomic E-state index is 12.5. The number of rotatable bonds is 6. The van der Waals surface area contributed by atoms with Crippen LogP contribution in [-0.2, 0) is 0 Å². The van der Waals surface area contributed by atoms with E-state index in [4.69, 9.17) is 4.74 Å². The molecule has 0 atom stereocenters. The van der Waals surface area contributed by atoms with Crippen LogP contribution in [0.3, 0.4) is 0 Å². The lowest BCUT2D eigenvalue weighted by atomic mass is 9.93. The van der Waals surface area contributed by atoms with Crippen molar-refractivity contribution in [2.75, 3.05) is 20.2 Å². The van der Waals surface area contributed by atoms with Crippen molar-refractivity contribution >= 4 is 5.91 Å². The van der Waals surface area contributed by atoms with Crippen LogP contribution in [0.25, 0.3) is 0 Å². The minimum absolute atomic E-state index is 0.0560. The van der Waals surface area contributed by atoms with Gasteiger partial charge < -0.3 is 10.1 Å². The van der Waals surface area contributed by atoms with Gasteiger partial charge in [0, 0.05) is 18.7 Å². The lowest BCUT2D eigenvalue weighted by molar-refractivity contribution is 0.0718. The number of ether oxygens (including phenoxy) is 1. The molecule has 3 aromatic carbocycles. The Bertz CT molecular complexity index is 882. The Morgan fingerprint density at radius 3 is 2.11 bits per heavy atom. The number of methoxy groups -OCH3 is 1. The Morgan fingerprint density at radius 2 is 1.54 bits per heavy atom. The van der Waals surface area contributed by atoms with Crippen LogP contribution in [0.4, 0.5) is 0 Å². The third-order valence-electron chi connectivity index (χ3n) is 5.17. The van der Waals surface area contributed by atoms with Gasteiger partial charge in [-0.2, -0.15) is 0 Å². The first-order valence-corrected chi connectivity index (χ1v) is 9.53. The fraction of sp³-hybridized carbons (Fsp3) is 0.208. The number of hydrogen-bond acceptors (Lipinski definition) is 3. The van der Waals surface area contributed by atoms with E-state index in [1.54, 1.807) is 13.2 Å². The largest absolute Gasteiger partial charge is 0.497 e. The summed E-state index contributed by atoms with van der Waals surface area (Å²) in [6.45, 7) is 1.65. The van der Waals surface area contributed by atoms with Crippen LogP contribution in [0.5, 0.6) is 5.75 Å². The molecule has 1 aliphatic heterocycles. The summed E-state index contributed by atoms with van der Waals surface area (Å²) in [6.07, 6.45) is 0. The van der Waals surface area contributed by atoms with E-state index in [0.29, 0.717) is 11.3 Å². The molecular formula is C24H24N2O2. The first-order valence-electron chi connectivity index (χ1n) is 9.53. The van der Waals surface area contributed by atoms with Gasteiger partial charge in [-0.15, -0.1) is 0 Å². The third kappa shape index (κ3) is 3.92. The zero-order valence-electron chi connectivity index (χ0n) is 15.9. The van der Waals surface area contributed by atoms with Crippen molar-refractivity contribution in [2.45, 2.75) is 12.1 Å². The molecule has 1 aliphatic rings. The standard InChI is InChI=1S/C24H24N2O2/c1-28-22-14-8-13-20(15-22)24(27)25-21-16-26(17-21)23(18-9-4-2-5-10-18)19-11-6-3-7-12-19/h2-15,21,23H,16-17H2,1H3,(H,25,27). The van der Waals surface area contributed by atoms with Gasteiger partial charge in [0.25, 0.3) is 5.91 Å². The molecule has 1 N–H and O–H groups in total. The lowest BCUT2D eigenvalue weighted by Gasteiger charge is -2.45. The van der Waals surface area contributed by atoms with Crippen molar-refractivity contribution in [1.29, 1.82) is 0 Å². The van der Waals surface area contributed by atoms with Crippen molar-refractivity contribution in [1.82, 2.24) is 10.2 Å². The van der Waals surface area contributed by atoms with E-state index < -0.39 is 0 Å². The average molecular weight is 372 g/mol. The molecule has 1 fully saturated rings. The maximum absolute atomic E-state index is 12.5. The zero-order chi connectivity index (χ0) is 19.3. The number of likely N-dealkylation sites (tertiary alicyclic amines) is 1. The summed E-state index contributed by atoms with van der Waals surface area (Å²) >= 11 is 0. The van der Waals surface area contributed by atoms with Crippen LogP contribution in [0.2, 0.25) is 0 Å². The van der Waals surface area contributed by atoms with Gasteiger partial charge in [0.15, 0.2) is 0 Å². The first-order chi connectivity index (χ1) is 13.7. The van der Waals surface area contributed by atoms with Gasteiger partial charge in [-0.05, 0) is 29.3 Å². The molecule has 3 aromatic rings. The summed E-state index contributed by atoms with van der Waals surface area (Å²) in [4.78, 5) is 15.0. The highest BCUT2D eigenvalue weighted by molar-refractivity contribution is 5.94. The predicted molar refractivity (Wildman–Crippen MR) is 111 cm³/mol. The van der Waals surface area contributed by atoms with Crippen LogP contribution >= 0.6 is 0 Å². The molecule has 0 spiro atoms. The number of carbonyl (C=O) groups is 1. The molecule has 0 bridgehead atoms. The quantitative estimate of drug-likeness (QED) is 0.714. The fourth-order valence-electron chi connectivity index (χ4n) is 3.73. The Morgan fingerprint density at radius 1 is 0.929 bits per heavy atom. The van der Waals surface area contributed by atoms with Crippen molar-refractivity contribution in [3.05, 3.63) is 102 Å². The van der Waals surface area contributed by atoms with Gasteiger partial charge >= 0.3 is 0 Å². The highest BCUT2D eigenvalue weighted by Crippen LogP contribution is 2.32. The van der Waals surface area contributed by atoms with E-state index in [9.17, 15) is 4.79 Å². The highest BCUT2D eigenvalue weighted by Gasteiger charge is 2.34. The molecule has 4 nitrogen and oxygen atoms in total. The van der Waals surface area contributed by atoms with Crippen LogP contribution in [0, 0.1) is 0 Å². The molecule has 0 unspecified atom stereocenters. The minimum Gasteiger partial charge on any atom is -0.497 e. The van der Waals surface area contributed by atoms with Gasteiger partial charge in [-0.3, -0.25) is 9.69 Å². The molecule has 1 amide bonds. The number of nitrogens with zero attached hydrogens (tertiary/aromatic N) is 1. The smallest absolute Gasteiger partial charge is 0.251 e. The lowest BCUT2D eigenvalue weighted by Crippen LogP contribution is -2.60. The van der Waals surface area contributed by atoms with E-state index in [-0.39, 0.29) is 18.0 Å². The van der Waals surface area contributed by atoms with Crippen molar-refractivity contribution in [2.24, 2.45) is 0 Å². The molecule has 4 heteroatoms. The van der Waals surface area contributed by atoms with Crippen molar-refractivity contribution < 1.29 is 9.53 Å².